The molecular weight excluding hydrogens is 773 g/mol. The third kappa shape index (κ3) is 6.90. The zero-order valence-electron chi connectivity index (χ0n) is 33.6. The molecule has 0 saturated heterocycles. The average molecular weight is 811 g/mol. The quantitative estimate of drug-likeness (QED) is 0.150. The van der Waals surface area contributed by atoms with Crippen molar-refractivity contribution in [1.82, 2.24) is 15.3 Å². The molecule has 0 bridgehead atoms. The van der Waals surface area contributed by atoms with Crippen molar-refractivity contribution in [3.8, 4) is 45.0 Å². The van der Waals surface area contributed by atoms with Gasteiger partial charge in [0.25, 0.3) is 0 Å². The highest BCUT2D eigenvalue weighted by atomic mass is 32.1. The van der Waals surface area contributed by atoms with Crippen molar-refractivity contribution in [1.29, 1.82) is 5.41 Å². The summed E-state index contributed by atoms with van der Waals surface area (Å²) in [5.74, 6) is 0.626. The Morgan fingerprint density at radius 2 is 1.02 bits per heavy atom. The minimum Gasteiger partial charge on any atom is -0.354 e. The minimum absolute atomic E-state index is 0.417. The van der Waals surface area contributed by atoms with E-state index in [0.717, 1.165) is 72.9 Å². The van der Waals surface area contributed by atoms with E-state index < -0.39 is 0 Å². The maximum atomic E-state index is 9.84. The van der Waals surface area contributed by atoms with Crippen molar-refractivity contribution in [3.63, 3.8) is 0 Å². The van der Waals surface area contributed by atoms with E-state index >= 15 is 0 Å². The predicted octanol–water partition coefficient (Wildman–Crippen LogP) is 14.6. The van der Waals surface area contributed by atoms with E-state index in [1.807, 2.05) is 78.1 Å². The lowest BCUT2D eigenvalue weighted by atomic mass is 9.88. The molecule has 292 valence electrons. The number of nitrogens with zero attached hydrogens (tertiary/aromatic N) is 2. The summed E-state index contributed by atoms with van der Waals surface area (Å²) in [5.41, 5.74) is 15.1. The molecule has 3 heterocycles. The first-order chi connectivity index (χ1) is 30.6. The molecule has 0 spiro atoms. The monoisotopic (exact) mass is 810 g/mol. The zero-order valence-corrected chi connectivity index (χ0v) is 34.4. The molecular formula is C57H38N4S. The van der Waals surface area contributed by atoms with Crippen molar-refractivity contribution in [3.05, 3.63) is 240 Å². The average Bonchev–Trinajstić information content (AvgIpc) is 3.74. The van der Waals surface area contributed by atoms with Crippen molar-refractivity contribution in [2.45, 2.75) is 0 Å². The molecule has 11 rings (SSSR count). The summed E-state index contributed by atoms with van der Waals surface area (Å²) in [6.07, 6.45) is 2.19. The number of thiophene rings is 1. The van der Waals surface area contributed by atoms with Crippen LogP contribution in [0.25, 0.3) is 88.2 Å². The highest BCUT2D eigenvalue weighted by molar-refractivity contribution is 7.26. The maximum Gasteiger partial charge on any atom is 0.160 e. The molecule has 62 heavy (non-hydrogen) atoms. The first-order valence-electron chi connectivity index (χ1n) is 20.7. The predicted molar refractivity (Wildman–Crippen MR) is 261 cm³/mol. The molecule has 0 atom stereocenters. The van der Waals surface area contributed by atoms with Gasteiger partial charge in [-0.2, -0.15) is 0 Å². The molecule has 2 N–H and O–H groups in total. The van der Waals surface area contributed by atoms with Gasteiger partial charge in [-0.15, -0.1) is 11.3 Å². The lowest BCUT2D eigenvalue weighted by molar-refractivity contribution is 1.18. The van der Waals surface area contributed by atoms with Crippen LogP contribution in [-0.2, 0) is 0 Å². The third-order valence-electron chi connectivity index (χ3n) is 11.6. The molecule has 0 aliphatic carbocycles. The molecule has 8 aromatic carbocycles. The Bertz CT molecular complexity index is 3350. The van der Waals surface area contributed by atoms with E-state index in [1.165, 1.54) is 31.3 Å². The lowest BCUT2D eigenvalue weighted by Crippen LogP contribution is -2.20. The molecule has 5 heteroatoms. The van der Waals surface area contributed by atoms with E-state index in [1.54, 1.807) is 0 Å². The van der Waals surface area contributed by atoms with Crippen molar-refractivity contribution < 1.29 is 0 Å². The number of fused-ring (bicyclic) bond motifs is 4. The molecule has 0 radical (unpaired) electrons. The highest BCUT2D eigenvalue weighted by Gasteiger charge is 2.24. The second-order valence-electron chi connectivity index (χ2n) is 15.4. The fourth-order valence-electron chi connectivity index (χ4n) is 8.44. The van der Waals surface area contributed by atoms with Crippen LogP contribution in [0.4, 0.5) is 0 Å². The van der Waals surface area contributed by atoms with Crippen LogP contribution in [0.5, 0.6) is 0 Å². The van der Waals surface area contributed by atoms with E-state index in [0.29, 0.717) is 11.5 Å². The van der Waals surface area contributed by atoms with Gasteiger partial charge in [-0.05, 0) is 46.0 Å². The van der Waals surface area contributed by atoms with Crippen molar-refractivity contribution >= 4 is 60.3 Å². The van der Waals surface area contributed by atoms with Crippen LogP contribution in [0.1, 0.15) is 27.8 Å². The second-order valence-corrected chi connectivity index (χ2v) is 16.4. The Balaban J connectivity index is 0.969. The normalized spacial score (nSPS) is 13.0. The topological polar surface area (TPSA) is 61.7 Å². The van der Waals surface area contributed by atoms with Crippen LogP contribution >= 0.6 is 11.3 Å². The van der Waals surface area contributed by atoms with Crippen LogP contribution < -0.4 is 5.32 Å². The van der Waals surface area contributed by atoms with Gasteiger partial charge in [0.1, 0.15) is 0 Å². The molecule has 10 aromatic rings. The van der Waals surface area contributed by atoms with Crippen LogP contribution in [-0.4, -0.2) is 15.7 Å². The van der Waals surface area contributed by atoms with E-state index in [2.05, 4.69) is 157 Å². The van der Waals surface area contributed by atoms with Crippen molar-refractivity contribution in [2.75, 3.05) is 0 Å². The third-order valence-corrected chi connectivity index (χ3v) is 12.8. The summed E-state index contributed by atoms with van der Waals surface area (Å²) in [6, 6.07) is 73.4. The largest absolute Gasteiger partial charge is 0.354 e. The molecule has 0 saturated carbocycles. The lowest BCUT2D eigenvalue weighted by Gasteiger charge is -2.26. The fourth-order valence-corrected chi connectivity index (χ4v) is 9.68. The van der Waals surface area contributed by atoms with Crippen LogP contribution in [0, 0.1) is 5.41 Å². The summed E-state index contributed by atoms with van der Waals surface area (Å²) < 4.78 is 2.60. The number of aromatic nitrogens is 2. The number of allylic oxidation sites excluding steroid dienone is 1. The Hall–Kier alpha value is -7.99. The number of benzene rings is 8. The van der Waals surface area contributed by atoms with Gasteiger partial charge in [-0.25, -0.2) is 9.97 Å². The molecule has 2 aromatic heterocycles. The number of nitrogens with one attached hydrogen (secondary N) is 2. The highest BCUT2D eigenvalue weighted by Crippen LogP contribution is 2.41. The van der Waals surface area contributed by atoms with Gasteiger partial charge >= 0.3 is 0 Å². The van der Waals surface area contributed by atoms with E-state index in [9.17, 15) is 5.41 Å². The Labute approximate surface area is 364 Å². The van der Waals surface area contributed by atoms with Gasteiger partial charge in [-0.1, -0.05) is 200 Å². The van der Waals surface area contributed by atoms with Gasteiger partial charge < -0.3 is 5.32 Å². The summed E-state index contributed by atoms with van der Waals surface area (Å²) in [4.78, 5) is 10.3. The standard InChI is InChI=1S/C57H38N4S/c58-54(53(41-19-8-3-9-20-41)55-45-22-11-10-21-44(45)35-49(59-55)38-15-4-1-5-16-38)42-31-33-43(34-32-42)57-60-50(39-17-6-2-7-18-39)36-51(61-57)40-29-27-37(28-30-40)46-24-14-25-48-47-23-12-13-26-52(47)62-56(46)48/h1-36,58-59H/b55-53-,58-54?. The molecule has 0 unspecified atom stereocenters. The van der Waals surface area contributed by atoms with Gasteiger partial charge in [-0.3, -0.25) is 5.41 Å². The summed E-state index contributed by atoms with van der Waals surface area (Å²) in [7, 11) is 0. The van der Waals surface area contributed by atoms with E-state index in [-0.39, 0.29) is 0 Å². The summed E-state index contributed by atoms with van der Waals surface area (Å²) in [5, 5.41) is 16.2. The maximum absolute atomic E-state index is 9.84. The van der Waals surface area contributed by atoms with Gasteiger partial charge in [0, 0.05) is 59.3 Å². The van der Waals surface area contributed by atoms with Gasteiger partial charge in [0.05, 0.1) is 22.8 Å². The zero-order chi connectivity index (χ0) is 41.4. The minimum atomic E-state index is 0.417. The molecule has 4 nitrogen and oxygen atoms in total. The second kappa shape index (κ2) is 15.9. The Morgan fingerprint density at radius 3 is 1.76 bits per heavy atom. The number of hydrogen-bond acceptors (Lipinski definition) is 5. The molecule has 0 fully saturated rings. The van der Waals surface area contributed by atoms with E-state index in [4.69, 9.17) is 9.97 Å². The molecule has 1 aliphatic heterocycles. The van der Waals surface area contributed by atoms with Gasteiger partial charge in [0.15, 0.2) is 5.82 Å². The SMILES string of the molecule is N=C(/C(=C1\NC(c2ccccc2)=Cc2ccccc21)c1ccccc1)c1ccc(-c2nc(-c3ccccc3)cc(-c3ccc(-c4cccc5c4sc4ccccc45)cc3)n2)cc1. The number of hydrogen-bond donors (Lipinski definition) is 2. The first kappa shape index (κ1) is 37.0. The smallest absolute Gasteiger partial charge is 0.160 e. The fraction of sp³-hybridized carbons (Fsp3) is 0. The summed E-state index contributed by atoms with van der Waals surface area (Å²) >= 11 is 1.85. The molecule has 1 aliphatic rings. The number of rotatable bonds is 8. The van der Waals surface area contributed by atoms with Crippen LogP contribution in [0.2, 0.25) is 0 Å². The molecule has 0 amide bonds. The Kier molecular flexibility index (Phi) is 9.49. The first-order valence-corrected chi connectivity index (χ1v) is 21.5. The van der Waals surface area contributed by atoms with Crippen LogP contribution in [0.15, 0.2) is 212 Å². The van der Waals surface area contributed by atoms with Crippen molar-refractivity contribution in [2.24, 2.45) is 0 Å². The van der Waals surface area contributed by atoms with Gasteiger partial charge in [0.2, 0.25) is 0 Å². The van der Waals surface area contributed by atoms with Crippen LogP contribution in [0.3, 0.4) is 0 Å². The Morgan fingerprint density at radius 1 is 0.452 bits per heavy atom. The summed E-state index contributed by atoms with van der Waals surface area (Å²) in [6.45, 7) is 0.